The van der Waals surface area contributed by atoms with E-state index in [-0.39, 0.29) is 11.4 Å². The van der Waals surface area contributed by atoms with Gasteiger partial charge in [0.25, 0.3) is 0 Å². The Bertz CT molecular complexity index is 607. The molecule has 0 saturated heterocycles. The van der Waals surface area contributed by atoms with Crippen molar-refractivity contribution in [1.82, 2.24) is 19.9 Å². The first-order valence-electron chi connectivity index (χ1n) is 5.79. The molecule has 0 bridgehead atoms. The van der Waals surface area contributed by atoms with E-state index in [0.29, 0.717) is 5.82 Å². The fourth-order valence-electron chi connectivity index (χ4n) is 1.46. The van der Waals surface area contributed by atoms with Gasteiger partial charge in [0.15, 0.2) is 0 Å². The minimum Gasteiger partial charge on any atom is -0.370 e. The number of aromatic nitrogens is 3. The first-order valence-corrected chi connectivity index (χ1v) is 7.27. The lowest BCUT2D eigenvalue weighted by Gasteiger charge is -2.06. The molecule has 19 heavy (non-hydrogen) atoms. The molecule has 0 aliphatic rings. The largest absolute Gasteiger partial charge is 0.370 e. The molecule has 0 aliphatic carbocycles. The zero-order valence-electron chi connectivity index (χ0n) is 10.4. The SMILES string of the molecule is CCNc1ccc(S(=O)(=O)NCc2cn[nH]c2)cn1. The van der Waals surface area contributed by atoms with Gasteiger partial charge in [-0.15, -0.1) is 0 Å². The molecular formula is C11H15N5O2S. The van der Waals surface area contributed by atoms with Crippen molar-refractivity contribution >= 4 is 15.8 Å². The van der Waals surface area contributed by atoms with Gasteiger partial charge in [0, 0.05) is 31.0 Å². The maximum absolute atomic E-state index is 12.0. The predicted octanol–water partition coefficient (Wildman–Crippen LogP) is 0.715. The molecular weight excluding hydrogens is 266 g/mol. The Kier molecular flexibility index (Phi) is 4.13. The van der Waals surface area contributed by atoms with Crippen LogP contribution in [0.25, 0.3) is 0 Å². The summed E-state index contributed by atoms with van der Waals surface area (Å²) >= 11 is 0. The van der Waals surface area contributed by atoms with Gasteiger partial charge in [-0.25, -0.2) is 18.1 Å². The van der Waals surface area contributed by atoms with Gasteiger partial charge in [0.05, 0.1) is 6.20 Å². The Morgan fingerprint density at radius 3 is 2.74 bits per heavy atom. The fourth-order valence-corrected chi connectivity index (χ4v) is 2.42. The van der Waals surface area contributed by atoms with E-state index in [9.17, 15) is 8.42 Å². The number of anilines is 1. The summed E-state index contributed by atoms with van der Waals surface area (Å²) in [4.78, 5) is 4.17. The number of H-pyrrole nitrogens is 1. The van der Waals surface area contributed by atoms with Crippen LogP contribution in [-0.4, -0.2) is 30.1 Å². The Morgan fingerprint density at radius 1 is 1.32 bits per heavy atom. The highest BCUT2D eigenvalue weighted by Crippen LogP contribution is 2.11. The Labute approximate surface area is 111 Å². The van der Waals surface area contributed by atoms with E-state index in [0.717, 1.165) is 12.1 Å². The molecule has 3 N–H and O–H groups in total. The smallest absolute Gasteiger partial charge is 0.242 e. The second-order valence-corrected chi connectivity index (χ2v) is 5.61. The van der Waals surface area contributed by atoms with Gasteiger partial charge in [-0.2, -0.15) is 5.10 Å². The number of hydrogen-bond donors (Lipinski definition) is 3. The van der Waals surface area contributed by atoms with Crippen LogP contribution in [0.1, 0.15) is 12.5 Å². The standard InChI is InChI=1S/C11H15N5O2S/c1-2-12-11-4-3-10(8-13-11)19(17,18)16-7-9-5-14-15-6-9/h3-6,8,16H,2,7H2,1H3,(H,12,13)(H,14,15). The number of nitrogens with one attached hydrogen (secondary N) is 3. The topological polar surface area (TPSA) is 99.8 Å². The minimum absolute atomic E-state index is 0.137. The zero-order valence-corrected chi connectivity index (χ0v) is 11.2. The molecule has 0 saturated carbocycles. The fraction of sp³-hybridized carbons (Fsp3) is 0.273. The lowest BCUT2D eigenvalue weighted by Crippen LogP contribution is -2.23. The number of sulfonamides is 1. The molecule has 2 heterocycles. The van der Waals surface area contributed by atoms with Crippen LogP contribution in [0.2, 0.25) is 0 Å². The molecule has 0 aromatic carbocycles. The number of hydrogen-bond acceptors (Lipinski definition) is 5. The first-order chi connectivity index (χ1) is 9.12. The monoisotopic (exact) mass is 281 g/mol. The maximum atomic E-state index is 12.0. The van der Waals surface area contributed by atoms with Crippen LogP contribution in [0.4, 0.5) is 5.82 Å². The molecule has 7 nitrogen and oxygen atoms in total. The van der Waals surface area contributed by atoms with Gasteiger partial charge in [0.2, 0.25) is 10.0 Å². The summed E-state index contributed by atoms with van der Waals surface area (Å²) < 4.78 is 26.5. The molecule has 102 valence electrons. The summed E-state index contributed by atoms with van der Waals surface area (Å²) in [6.45, 7) is 2.87. The molecule has 0 unspecified atom stereocenters. The third kappa shape index (κ3) is 3.52. The van der Waals surface area contributed by atoms with Crippen molar-refractivity contribution in [3.05, 3.63) is 36.3 Å². The second kappa shape index (κ2) is 5.81. The van der Waals surface area contributed by atoms with Crippen LogP contribution in [-0.2, 0) is 16.6 Å². The molecule has 0 spiro atoms. The maximum Gasteiger partial charge on any atom is 0.242 e. The third-order valence-electron chi connectivity index (χ3n) is 2.43. The van der Waals surface area contributed by atoms with Crippen LogP contribution in [0, 0.1) is 0 Å². The first kappa shape index (κ1) is 13.5. The van der Waals surface area contributed by atoms with E-state index in [1.165, 1.54) is 12.3 Å². The number of aromatic amines is 1. The quantitative estimate of drug-likeness (QED) is 0.724. The van der Waals surface area contributed by atoms with Crippen molar-refractivity contribution < 1.29 is 8.42 Å². The van der Waals surface area contributed by atoms with Gasteiger partial charge in [-0.05, 0) is 19.1 Å². The van der Waals surface area contributed by atoms with E-state index in [1.807, 2.05) is 6.92 Å². The Hall–Kier alpha value is -1.93. The van der Waals surface area contributed by atoms with E-state index >= 15 is 0 Å². The summed E-state index contributed by atoms with van der Waals surface area (Å²) in [6, 6.07) is 3.15. The summed E-state index contributed by atoms with van der Waals surface area (Å²) in [6.07, 6.45) is 4.53. The van der Waals surface area contributed by atoms with Crippen LogP contribution >= 0.6 is 0 Å². The zero-order chi connectivity index (χ0) is 13.7. The number of pyridine rings is 1. The summed E-state index contributed by atoms with van der Waals surface area (Å²) in [5, 5.41) is 9.37. The van der Waals surface area contributed by atoms with E-state index in [1.54, 1.807) is 18.5 Å². The normalized spacial score (nSPS) is 11.4. The average molecular weight is 281 g/mol. The lowest BCUT2D eigenvalue weighted by atomic mass is 10.4. The van der Waals surface area contributed by atoms with Crippen LogP contribution in [0.3, 0.4) is 0 Å². The second-order valence-electron chi connectivity index (χ2n) is 3.84. The summed E-state index contributed by atoms with van der Waals surface area (Å²) in [7, 11) is -3.55. The molecule has 2 aromatic heterocycles. The highest BCUT2D eigenvalue weighted by atomic mass is 32.2. The van der Waals surface area contributed by atoms with Crippen LogP contribution < -0.4 is 10.0 Å². The predicted molar refractivity (Wildman–Crippen MR) is 71.0 cm³/mol. The molecule has 2 rings (SSSR count). The van der Waals surface area contributed by atoms with Gasteiger partial charge >= 0.3 is 0 Å². The van der Waals surface area contributed by atoms with Crippen molar-refractivity contribution in [1.29, 1.82) is 0 Å². The highest BCUT2D eigenvalue weighted by molar-refractivity contribution is 7.89. The molecule has 0 aliphatic heterocycles. The van der Waals surface area contributed by atoms with Crippen molar-refractivity contribution in [2.45, 2.75) is 18.4 Å². The molecule has 2 aromatic rings. The van der Waals surface area contributed by atoms with Crippen molar-refractivity contribution in [3.63, 3.8) is 0 Å². The Morgan fingerprint density at radius 2 is 2.16 bits per heavy atom. The highest BCUT2D eigenvalue weighted by Gasteiger charge is 2.14. The average Bonchev–Trinajstić information content (AvgIpc) is 2.91. The van der Waals surface area contributed by atoms with Gasteiger partial charge in [-0.3, -0.25) is 5.10 Å². The molecule has 0 amide bonds. The molecule has 8 heteroatoms. The number of rotatable bonds is 6. The van der Waals surface area contributed by atoms with E-state index < -0.39 is 10.0 Å². The van der Waals surface area contributed by atoms with Gasteiger partial charge < -0.3 is 5.32 Å². The summed E-state index contributed by atoms with van der Waals surface area (Å²) in [5.41, 5.74) is 0.765. The summed E-state index contributed by atoms with van der Waals surface area (Å²) in [5.74, 6) is 0.649. The lowest BCUT2D eigenvalue weighted by molar-refractivity contribution is 0.581. The van der Waals surface area contributed by atoms with Crippen molar-refractivity contribution in [3.8, 4) is 0 Å². The molecule has 0 radical (unpaired) electrons. The molecule has 0 fully saturated rings. The molecule has 0 atom stereocenters. The third-order valence-corrected chi connectivity index (χ3v) is 3.81. The minimum atomic E-state index is -3.55. The van der Waals surface area contributed by atoms with Gasteiger partial charge in [-0.1, -0.05) is 0 Å². The Balaban J connectivity index is 2.06. The van der Waals surface area contributed by atoms with Crippen molar-refractivity contribution in [2.24, 2.45) is 0 Å². The van der Waals surface area contributed by atoms with Crippen LogP contribution in [0.15, 0.2) is 35.6 Å². The van der Waals surface area contributed by atoms with E-state index in [4.69, 9.17) is 0 Å². The van der Waals surface area contributed by atoms with E-state index in [2.05, 4.69) is 25.2 Å². The van der Waals surface area contributed by atoms with Crippen LogP contribution in [0.5, 0.6) is 0 Å². The van der Waals surface area contributed by atoms with Crippen molar-refractivity contribution in [2.75, 3.05) is 11.9 Å². The number of nitrogens with zero attached hydrogens (tertiary/aromatic N) is 2. The van der Waals surface area contributed by atoms with Gasteiger partial charge in [0.1, 0.15) is 10.7 Å².